The summed E-state index contributed by atoms with van der Waals surface area (Å²) in [6.07, 6.45) is 2.82. The standard InChI is InChI=1S/C12H14BrN3/c1-16-8-11(7-14)15-12(16)6-9-2-4-10(13)5-3-9/h2-5,8H,6-7,14H2,1H3. The zero-order valence-electron chi connectivity index (χ0n) is 9.15. The third-order valence-electron chi connectivity index (χ3n) is 2.51. The van der Waals surface area contributed by atoms with Crippen LogP contribution in [0.2, 0.25) is 0 Å². The molecule has 1 aromatic heterocycles. The van der Waals surface area contributed by atoms with Crippen molar-refractivity contribution in [1.29, 1.82) is 0 Å². The van der Waals surface area contributed by atoms with E-state index in [0.717, 1.165) is 22.4 Å². The summed E-state index contributed by atoms with van der Waals surface area (Å²) in [7, 11) is 2.00. The summed E-state index contributed by atoms with van der Waals surface area (Å²) in [6.45, 7) is 0.494. The molecule has 0 saturated carbocycles. The van der Waals surface area contributed by atoms with E-state index in [1.165, 1.54) is 5.56 Å². The van der Waals surface area contributed by atoms with Crippen LogP contribution in [-0.2, 0) is 20.0 Å². The van der Waals surface area contributed by atoms with Crippen LogP contribution in [0.5, 0.6) is 0 Å². The lowest BCUT2D eigenvalue weighted by Gasteiger charge is -2.01. The van der Waals surface area contributed by atoms with E-state index in [1.54, 1.807) is 0 Å². The monoisotopic (exact) mass is 279 g/mol. The third-order valence-corrected chi connectivity index (χ3v) is 3.04. The largest absolute Gasteiger partial charge is 0.337 e. The Morgan fingerprint density at radius 2 is 2.00 bits per heavy atom. The van der Waals surface area contributed by atoms with E-state index in [4.69, 9.17) is 5.73 Å². The number of halogens is 1. The Labute approximate surface area is 103 Å². The van der Waals surface area contributed by atoms with E-state index in [9.17, 15) is 0 Å². The van der Waals surface area contributed by atoms with Crippen molar-refractivity contribution >= 4 is 15.9 Å². The predicted octanol–water partition coefficient (Wildman–Crippen LogP) is 2.23. The quantitative estimate of drug-likeness (QED) is 0.937. The van der Waals surface area contributed by atoms with Gasteiger partial charge in [0, 0.05) is 30.7 Å². The first-order chi connectivity index (χ1) is 7.69. The van der Waals surface area contributed by atoms with Crippen molar-refractivity contribution in [2.24, 2.45) is 12.8 Å². The van der Waals surface area contributed by atoms with Gasteiger partial charge < -0.3 is 10.3 Å². The second kappa shape index (κ2) is 4.80. The molecule has 0 saturated heterocycles. The van der Waals surface area contributed by atoms with E-state index in [1.807, 2.05) is 29.9 Å². The number of imidazole rings is 1. The minimum atomic E-state index is 0.494. The fourth-order valence-corrected chi connectivity index (χ4v) is 1.88. The molecule has 0 aliphatic heterocycles. The summed E-state index contributed by atoms with van der Waals surface area (Å²) >= 11 is 3.42. The lowest BCUT2D eigenvalue weighted by atomic mass is 10.1. The first-order valence-corrected chi connectivity index (χ1v) is 5.94. The Kier molecular flexibility index (Phi) is 3.41. The number of aromatic nitrogens is 2. The van der Waals surface area contributed by atoms with Gasteiger partial charge in [0.15, 0.2) is 0 Å². The van der Waals surface area contributed by atoms with Crippen molar-refractivity contribution in [2.45, 2.75) is 13.0 Å². The molecule has 0 bridgehead atoms. The van der Waals surface area contributed by atoms with Crippen LogP contribution in [-0.4, -0.2) is 9.55 Å². The van der Waals surface area contributed by atoms with Gasteiger partial charge in [-0.2, -0.15) is 0 Å². The second-order valence-electron chi connectivity index (χ2n) is 3.77. The van der Waals surface area contributed by atoms with E-state index in [-0.39, 0.29) is 0 Å². The molecule has 2 N–H and O–H groups in total. The fourth-order valence-electron chi connectivity index (χ4n) is 1.62. The van der Waals surface area contributed by atoms with Gasteiger partial charge in [-0.3, -0.25) is 0 Å². The molecule has 2 aromatic rings. The minimum absolute atomic E-state index is 0.494. The maximum Gasteiger partial charge on any atom is 0.113 e. The Balaban J connectivity index is 2.19. The summed E-state index contributed by atoms with van der Waals surface area (Å²) < 4.78 is 3.13. The highest BCUT2D eigenvalue weighted by Crippen LogP contribution is 2.13. The topological polar surface area (TPSA) is 43.8 Å². The van der Waals surface area contributed by atoms with Crippen molar-refractivity contribution in [3.63, 3.8) is 0 Å². The van der Waals surface area contributed by atoms with Crippen LogP contribution in [0.1, 0.15) is 17.1 Å². The molecule has 4 heteroatoms. The van der Waals surface area contributed by atoms with Crippen molar-refractivity contribution in [1.82, 2.24) is 9.55 Å². The first kappa shape index (κ1) is 11.4. The van der Waals surface area contributed by atoms with Crippen molar-refractivity contribution < 1.29 is 0 Å². The number of rotatable bonds is 3. The second-order valence-corrected chi connectivity index (χ2v) is 4.68. The molecule has 1 aromatic carbocycles. The molecule has 0 amide bonds. The summed E-state index contributed by atoms with van der Waals surface area (Å²) in [5.41, 5.74) is 7.75. The number of hydrogen-bond acceptors (Lipinski definition) is 2. The van der Waals surface area contributed by atoms with Gasteiger partial charge in [0.1, 0.15) is 5.82 Å². The Bertz CT molecular complexity index is 474. The number of nitrogens with zero attached hydrogens (tertiary/aromatic N) is 2. The average molecular weight is 280 g/mol. The highest BCUT2D eigenvalue weighted by Gasteiger charge is 2.04. The van der Waals surface area contributed by atoms with E-state index in [0.29, 0.717) is 6.54 Å². The van der Waals surface area contributed by atoms with Gasteiger partial charge in [-0.1, -0.05) is 28.1 Å². The van der Waals surface area contributed by atoms with Gasteiger partial charge in [-0.15, -0.1) is 0 Å². The zero-order valence-corrected chi connectivity index (χ0v) is 10.7. The maximum atomic E-state index is 5.56. The highest BCUT2D eigenvalue weighted by molar-refractivity contribution is 9.10. The molecule has 0 fully saturated rings. The first-order valence-electron chi connectivity index (χ1n) is 5.14. The summed E-state index contributed by atoms with van der Waals surface area (Å²) in [5, 5.41) is 0. The van der Waals surface area contributed by atoms with Crippen LogP contribution in [0.3, 0.4) is 0 Å². The van der Waals surface area contributed by atoms with Gasteiger partial charge in [-0.25, -0.2) is 4.98 Å². The van der Waals surface area contributed by atoms with Gasteiger partial charge >= 0.3 is 0 Å². The van der Waals surface area contributed by atoms with E-state index in [2.05, 4.69) is 33.0 Å². The Morgan fingerprint density at radius 1 is 1.31 bits per heavy atom. The third kappa shape index (κ3) is 2.51. The normalized spacial score (nSPS) is 10.7. The summed E-state index contributed by atoms with van der Waals surface area (Å²) in [5.74, 6) is 1.04. The molecule has 16 heavy (non-hydrogen) atoms. The molecule has 0 spiro atoms. The zero-order chi connectivity index (χ0) is 11.5. The van der Waals surface area contributed by atoms with Crippen molar-refractivity contribution in [3.8, 4) is 0 Å². The number of hydrogen-bond donors (Lipinski definition) is 1. The van der Waals surface area contributed by atoms with Crippen LogP contribution in [0, 0.1) is 0 Å². The molecule has 1 heterocycles. The molecule has 2 rings (SSSR count). The molecule has 0 aliphatic carbocycles. The van der Waals surface area contributed by atoms with Crippen molar-refractivity contribution in [3.05, 3.63) is 52.0 Å². The maximum absolute atomic E-state index is 5.56. The Morgan fingerprint density at radius 3 is 2.56 bits per heavy atom. The molecule has 0 atom stereocenters. The van der Waals surface area contributed by atoms with Gasteiger partial charge in [0.05, 0.1) is 5.69 Å². The summed E-state index contributed by atoms with van der Waals surface area (Å²) in [4.78, 5) is 4.47. The number of nitrogens with two attached hydrogens (primary N) is 1. The van der Waals surface area contributed by atoms with Gasteiger partial charge in [-0.05, 0) is 17.7 Å². The van der Waals surface area contributed by atoms with Crippen LogP contribution in [0.4, 0.5) is 0 Å². The minimum Gasteiger partial charge on any atom is -0.337 e. The van der Waals surface area contributed by atoms with Crippen LogP contribution in [0.25, 0.3) is 0 Å². The average Bonchev–Trinajstić information content (AvgIpc) is 2.63. The smallest absolute Gasteiger partial charge is 0.113 e. The number of aryl methyl sites for hydroxylation is 1. The number of benzene rings is 1. The van der Waals surface area contributed by atoms with Gasteiger partial charge in [0.25, 0.3) is 0 Å². The van der Waals surface area contributed by atoms with Gasteiger partial charge in [0.2, 0.25) is 0 Å². The molecular formula is C12H14BrN3. The molecule has 0 aliphatic rings. The van der Waals surface area contributed by atoms with Crippen LogP contribution < -0.4 is 5.73 Å². The summed E-state index contributed by atoms with van der Waals surface area (Å²) in [6, 6.07) is 8.28. The van der Waals surface area contributed by atoms with Crippen molar-refractivity contribution in [2.75, 3.05) is 0 Å². The molecular weight excluding hydrogens is 266 g/mol. The molecule has 3 nitrogen and oxygen atoms in total. The van der Waals surface area contributed by atoms with E-state index >= 15 is 0 Å². The Hall–Kier alpha value is -1.13. The van der Waals surface area contributed by atoms with Crippen LogP contribution >= 0.6 is 15.9 Å². The molecule has 0 unspecified atom stereocenters. The lowest BCUT2D eigenvalue weighted by Crippen LogP contribution is -1.98. The highest BCUT2D eigenvalue weighted by atomic mass is 79.9. The predicted molar refractivity (Wildman–Crippen MR) is 68.0 cm³/mol. The molecule has 0 radical (unpaired) electrons. The molecule has 84 valence electrons. The SMILES string of the molecule is Cn1cc(CN)nc1Cc1ccc(Br)cc1. The lowest BCUT2D eigenvalue weighted by molar-refractivity contribution is 0.821. The fraction of sp³-hybridized carbons (Fsp3) is 0.250. The van der Waals surface area contributed by atoms with Crippen LogP contribution in [0.15, 0.2) is 34.9 Å². The van der Waals surface area contributed by atoms with E-state index < -0.39 is 0 Å².